The van der Waals surface area contributed by atoms with Gasteiger partial charge >= 0.3 is 0 Å². The van der Waals surface area contributed by atoms with Gasteiger partial charge in [0.25, 0.3) is 0 Å². The number of nitrogens with one attached hydrogen (secondary N) is 1. The van der Waals surface area contributed by atoms with Gasteiger partial charge in [-0.2, -0.15) is 4.98 Å². The maximum atomic E-state index is 5.95. The number of aromatic nitrogens is 4. The zero-order valence-corrected chi connectivity index (χ0v) is 13.5. The Balaban J connectivity index is 1.65. The van der Waals surface area contributed by atoms with E-state index in [4.69, 9.17) is 10.7 Å². The van der Waals surface area contributed by atoms with Gasteiger partial charge in [0.2, 0.25) is 5.95 Å². The highest BCUT2D eigenvalue weighted by atomic mass is 15.3. The number of likely N-dealkylation sites (N-methyl/N-ethyl adjacent to an activating group) is 1. The molecule has 1 saturated heterocycles. The second kappa shape index (κ2) is 5.81. The number of fused-ring (bicyclic) bond motifs is 1. The number of aryl methyl sites for hydroxylation is 2. The Hall–Kier alpha value is -2.15. The molecule has 3 heterocycles. The fourth-order valence-corrected chi connectivity index (χ4v) is 3.35. The second-order valence-corrected chi connectivity index (χ2v) is 6.48. The van der Waals surface area contributed by atoms with Crippen molar-refractivity contribution in [2.24, 2.45) is 0 Å². The molecule has 4 rings (SSSR count). The summed E-state index contributed by atoms with van der Waals surface area (Å²) in [5.74, 6) is 2.03. The van der Waals surface area contributed by atoms with E-state index < -0.39 is 0 Å². The van der Waals surface area contributed by atoms with Crippen LogP contribution in [0.5, 0.6) is 0 Å². The Bertz CT molecular complexity index is 677. The molecule has 2 aromatic heterocycles. The molecule has 0 aromatic carbocycles. The number of imidazole rings is 1. The number of anilines is 2. The molecule has 0 atom stereocenters. The first-order valence-electron chi connectivity index (χ1n) is 8.35. The van der Waals surface area contributed by atoms with Gasteiger partial charge in [-0.1, -0.05) is 0 Å². The summed E-state index contributed by atoms with van der Waals surface area (Å²) in [6, 6.07) is 2.01. The average molecular weight is 313 g/mol. The maximum absolute atomic E-state index is 5.95. The molecule has 1 aliphatic heterocycles. The maximum Gasteiger partial charge on any atom is 0.222 e. The summed E-state index contributed by atoms with van der Waals surface area (Å²) in [7, 11) is 2.14. The van der Waals surface area contributed by atoms with Crippen molar-refractivity contribution < 1.29 is 0 Å². The minimum absolute atomic E-state index is 0.311. The van der Waals surface area contributed by atoms with Crippen LogP contribution < -0.4 is 10.6 Å². The van der Waals surface area contributed by atoms with E-state index >= 15 is 0 Å². The number of hydrogen-bond donors (Lipinski definition) is 2. The molecule has 2 aliphatic rings. The van der Waals surface area contributed by atoms with Crippen molar-refractivity contribution in [3.05, 3.63) is 17.5 Å². The molecule has 3 N–H and O–H groups in total. The third kappa shape index (κ3) is 2.88. The van der Waals surface area contributed by atoms with Crippen molar-refractivity contribution in [2.75, 3.05) is 43.9 Å². The molecule has 1 aliphatic carbocycles. The Morgan fingerprint density at radius 1 is 1.04 bits per heavy atom. The van der Waals surface area contributed by atoms with E-state index in [0.29, 0.717) is 5.95 Å². The predicted octanol–water partition coefficient (Wildman–Crippen LogP) is 1.08. The number of nitrogen functional groups attached to an aromatic ring is 1. The fourth-order valence-electron chi connectivity index (χ4n) is 3.35. The summed E-state index contributed by atoms with van der Waals surface area (Å²) < 4.78 is 0. The van der Waals surface area contributed by atoms with Gasteiger partial charge in [0.15, 0.2) is 5.82 Å². The van der Waals surface area contributed by atoms with Crippen LogP contribution in [0, 0.1) is 0 Å². The zero-order chi connectivity index (χ0) is 15.8. The number of hydrogen-bond acceptors (Lipinski definition) is 6. The molecule has 2 aromatic rings. The van der Waals surface area contributed by atoms with E-state index in [1.165, 1.54) is 24.2 Å². The molecule has 0 amide bonds. The molecule has 0 bridgehead atoms. The quantitative estimate of drug-likeness (QED) is 0.863. The van der Waals surface area contributed by atoms with Crippen LogP contribution in [0.3, 0.4) is 0 Å². The van der Waals surface area contributed by atoms with E-state index in [9.17, 15) is 0 Å². The molecule has 0 saturated carbocycles. The number of nitrogens with two attached hydrogens (primary N) is 1. The minimum atomic E-state index is 0.311. The lowest BCUT2D eigenvalue weighted by Gasteiger charge is -2.33. The standard InChI is InChI=1S/C16H23N7/c1-22-6-8-23(9-7-22)14-10-13(20-16(17)21-14)15-18-11-4-2-3-5-12(11)19-15/h10H,2-9H2,1H3,(H,18,19)(H2,17,20,21). The van der Waals surface area contributed by atoms with Gasteiger partial charge in [-0.05, 0) is 32.7 Å². The van der Waals surface area contributed by atoms with Crippen molar-refractivity contribution in [3.8, 4) is 11.5 Å². The Morgan fingerprint density at radius 2 is 1.83 bits per heavy atom. The highest BCUT2D eigenvalue weighted by Crippen LogP contribution is 2.25. The zero-order valence-electron chi connectivity index (χ0n) is 13.5. The smallest absolute Gasteiger partial charge is 0.222 e. The number of H-pyrrole nitrogens is 1. The lowest BCUT2D eigenvalue weighted by atomic mass is 10.0. The summed E-state index contributed by atoms with van der Waals surface area (Å²) in [4.78, 5) is 21.6. The molecule has 0 unspecified atom stereocenters. The van der Waals surface area contributed by atoms with Crippen LogP contribution in [-0.2, 0) is 12.8 Å². The van der Waals surface area contributed by atoms with Gasteiger partial charge in [0.1, 0.15) is 11.5 Å². The first kappa shape index (κ1) is 14.4. The minimum Gasteiger partial charge on any atom is -0.368 e. The van der Waals surface area contributed by atoms with Crippen LogP contribution in [0.1, 0.15) is 24.2 Å². The van der Waals surface area contributed by atoms with E-state index in [2.05, 4.69) is 31.8 Å². The molecular weight excluding hydrogens is 290 g/mol. The molecule has 0 spiro atoms. The van der Waals surface area contributed by atoms with Crippen molar-refractivity contribution in [2.45, 2.75) is 25.7 Å². The molecule has 1 fully saturated rings. The lowest BCUT2D eigenvalue weighted by molar-refractivity contribution is 0.312. The largest absolute Gasteiger partial charge is 0.368 e. The number of aromatic amines is 1. The Labute approximate surface area is 135 Å². The topological polar surface area (TPSA) is 87.0 Å². The lowest BCUT2D eigenvalue weighted by Crippen LogP contribution is -2.44. The van der Waals surface area contributed by atoms with Gasteiger partial charge in [0.05, 0.1) is 5.69 Å². The van der Waals surface area contributed by atoms with Gasteiger partial charge in [-0.3, -0.25) is 0 Å². The first-order valence-corrected chi connectivity index (χ1v) is 8.35. The molecule has 0 radical (unpaired) electrons. The van der Waals surface area contributed by atoms with Crippen LogP contribution in [0.4, 0.5) is 11.8 Å². The van der Waals surface area contributed by atoms with E-state index in [1.807, 2.05) is 6.07 Å². The monoisotopic (exact) mass is 313 g/mol. The molecule has 122 valence electrons. The van der Waals surface area contributed by atoms with Crippen molar-refractivity contribution >= 4 is 11.8 Å². The SMILES string of the molecule is CN1CCN(c2cc(-c3nc4c([nH]3)CCCC4)nc(N)n2)CC1. The summed E-state index contributed by atoms with van der Waals surface area (Å²) in [5.41, 5.74) is 9.18. The van der Waals surface area contributed by atoms with Crippen molar-refractivity contribution in [1.29, 1.82) is 0 Å². The van der Waals surface area contributed by atoms with E-state index in [-0.39, 0.29) is 0 Å². The van der Waals surface area contributed by atoms with Gasteiger partial charge in [0, 0.05) is 37.9 Å². The average Bonchev–Trinajstić information content (AvgIpc) is 2.99. The highest BCUT2D eigenvalue weighted by molar-refractivity contribution is 5.59. The van der Waals surface area contributed by atoms with Crippen molar-refractivity contribution in [1.82, 2.24) is 24.8 Å². The van der Waals surface area contributed by atoms with E-state index in [0.717, 1.165) is 56.4 Å². The molecular formula is C16H23N7. The first-order chi connectivity index (χ1) is 11.2. The summed E-state index contributed by atoms with van der Waals surface area (Å²) >= 11 is 0. The summed E-state index contributed by atoms with van der Waals surface area (Å²) in [6.07, 6.45) is 4.58. The normalized spacial score (nSPS) is 18.9. The third-order valence-electron chi connectivity index (χ3n) is 4.75. The molecule has 23 heavy (non-hydrogen) atoms. The van der Waals surface area contributed by atoms with Crippen LogP contribution in [-0.4, -0.2) is 58.1 Å². The number of rotatable bonds is 2. The van der Waals surface area contributed by atoms with Crippen LogP contribution >= 0.6 is 0 Å². The predicted molar refractivity (Wildman–Crippen MR) is 90.4 cm³/mol. The fraction of sp³-hybridized carbons (Fsp3) is 0.562. The van der Waals surface area contributed by atoms with Gasteiger partial charge in [-0.25, -0.2) is 9.97 Å². The summed E-state index contributed by atoms with van der Waals surface area (Å²) in [5, 5.41) is 0. The number of nitrogens with zero attached hydrogens (tertiary/aromatic N) is 5. The van der Waals surface area contributed by atoms with Crippen molar-refractivity contribution in [3.63, 3.8) is 0 Å². The van der Waals surface area contributed by atoms with Crippen LogP contribution in [0.2, 0.25) is 0 Å². The Kier molecular flexibility index (Phi) is 3.65. The number of piperazine rings is 1. The van der Waals surface area contributed by atoms with Crippen LogP contribution in [0.15, 0.2) is 6.07 Å². The summed E-state index contributed by atoms with van der Waals surface area (Å²) in [6.45, 7) is 3.99. The van der Waals surface area contributed by atoms with Crippen LogP contribution in [0.25, 0.3) is 11.5 Å². The van der Waals surface area contributed by atoms with Gasteiger partial charge in [-0.15, -0.1) is 0 Å². The van der Waals surface area contributed by atoms with E-state index in [1.54, 1.807) is 0 Å². The second-order valence-electron chi connectivity index (χ2n) is 6.48. The third-order valence-corrected chi connectivity index (χ3v) is 4.75. The molecule has 7 nitrogen and oxygen atoms in total. The van der Waals surface area contributed by atoms with Gasteiger partial charge < -0.3 is 20.5 Å². The molecule has 7 heteroatoms. The Morgan fingerprint density at radius 3 is 2.61 bits per heavy atom. The highest BCUT2D eigenvalue weighted by Gasteiger charge is 2.20.